The van der Waals surface area contributed by atoms with Crippen molar-refractivity contribution < 1.29 is 8.42 Å². The van der Waals surface area contributed by atoms with E-state index in [1.807, 2.05) is 0 Å². The van der Waals surface area contributed by atoms with Gasteiger partial charge in [0.2, 0.25) is 9.05 Å². The van der Waals surface area contributed by atoms with Crippen LogP contribution in [0.4, 0.5) is 0 Å². The molecule has 0 N–H and O–H groups in total. The fourth-order valence-electron chi connectivity index (χ4n) is 0.832. The minimum absolute atomic E-state index is 0.130. The average Bonchev–Trinajstić information content (AvgIpc) is 2.43. The van der Waals surface area contributed by atoms with E-state index in [0.717, 1.165) is 19.3 Å². The highest BCUT2D eigenvalue weighted by molar-refractivity contribution is 8.13. The fourth-order valence-corrected chi connectivity index (χ4v) is 1.80. The molecule has 0 unspecified atom stereocenters. The Bertz CT molecular complexity index is 216. The van der Waals surface area contributed by atoms with E-state index in [2.05, 4.69) is 6.92 Å². The number of hydrogen-bond donors (Lipinski definition) is 0. The average molecular weight is 183 g/mol. The van der Waals surface area contributed by atoms with Gasteiger partial charge in [0.15, 0.2) is 0 Å². The lowest BCUT2D eigenvalue weighted by molar-refractivity contribution is 0.540. The van der Waals surface area contributed by atoms with Crippen LogP contribution in [0.2, 0.25) is 0 Å². The number of rotatable bonds is 3. The molecular weight excluding hydrogens is 172 g/mol. The molecule has 0 spiro atoms. The quantitative estimate of drug-likeness (QED) is 0.624. The van der Waals surface area contributed by atoms with Crippen LogP contribution in [0, 0.1) is 5.41 Å². The van der Waals surface area contributed by atoms with E-state index in [1.54, 1.807) is 0 Å². The fraction of sp³-hybridized carbons (Fsp3) is 1.00. The summed E-state index contributed by atoms with van der Waals surface area (Å²) in [7, 11) is 1.79. The third kappa shape index (κ3) is 2.88. The van der Waals surface area contributed by atoms with Crippen LogP contribution in [-0.4, -0.2) is 14.2 Å². The van der Waals surface area contributed by atoms with Crippen molar-refractivity contribution in [3.05, 3.63) is 0 Å². The Morgan fingerprint density at radius 1 is 1.50 bits per heavy atom. The van der Waals surface area contributed by atoms with Gasteiger partial charge in [-0.3, -0.25) is 0 Å². The Labute approximate surface area is 66.0 Å². The van der Waals surface area contributed by atoms with Crippen molar-refractivity contribution in [1.29, 1.82) is 0 Å². The second kappa shape index (κ2) is 2.38. The predicted molar refractivity (Wildman–Crippen MR) is 41.6 cm³/mol. The number of halogens is 1. The summed E-state index contributed by atoms with van der Waals surface area (Å²) >= 11 is 0. The van der Waals surface area contributed by atoms with Gasteiger partial charge in [-0.05, 0) is 24.7 Å². The minimum Gasteiger partial charge on any atom is -0.212 e. The van der Waals surface area contributed by atoms with Crippen molar-refractivity contribution in [2.75, 3.05) is 5.75 Å². The van der Waals surface area contributed by atoms with E-state index in [4.69, 9.17) is 10.7 Å². The molecule has 1 fully saturated rings. The molecular formula is C6H11ClO2S. The minimum atomic E-state index is -3.25. The van der Waals surface area contributed by atoms with E-state index in [0.29, 0.717) is 5.41 Å². The molecule has 0 bridgehead atoms. The summed E-state index contributed by atoms with van der Waals surface area (Å²) in [4.78, 5) is 0. The van der Waals surface area contributed by atoms with Crippen molar-refractivity contribution in [3.8, 4) is 0 Å². The van der Waals surface area contributed by atoms with Crippen molar-refractivity contribution >= 4 is 19.7 Å². The zero-order valence-corrected chi connectivity index (χ0v) is 7.50. The summed E-state index contributed by atoms with van der Waals surface area (Å²) in [5.74, 6) is 0.130. The molecule has 0 aromatic heterocycles. The van der Waals surface area contributed by atoms with Crippen LogP contribution in [0.1, 0.15) is 26.2 Å². The SMILES string of the molecule is CC1(CCS(=O)(=O)Cl)CC1. The zero-order valence-electron chi connectivity index (χ0n) is 5.93. The van der Waals surface area contributed by atoms with Crippen LogP contribution < -0.4 is 0 Å². The van der Waals surface area contributed by atoms with E-state index in [1.165, 1.54) is 0 Å². The molecule has 0 radical (unpaired) electrons. The molecule has 1 saturated carbocycles. The van der Waals surface area contributed by atoms with Gasteiger partial charge in [0.1, 0.15) is 0 Å². The molecule has 0 amide bonds. The summed E-state index contributed by atoms with van der Waals surface area (Å²) in [6.07, 6.45) is 3.03. The molecule has 4 heteroatoms. The molecule has 2 nitrogen and oxygen atoms in total. The van der Waals surface area contributed by atoms with Gasteiger partial charge < -0.3 is 0 Å². The molecule has 0 saturated heterocycles. The third-order valence-corrected chi connectivity index (χ3v) is 3.21. The first-order valence-electron chi connectivity index (χ1n) is 3.34. The van der Waals surface area contributed by atoms with Gasteiger partial charge in [-0.25, -0.2) is 8.42 Å². The molecule has 60 valence electrons. The topological polar surface area (TPSA) is 34.1 Å². The van der Waals surface area contributed by atoms with Gasteiger partial charge in [-0.15, -0.1) is 0 Å². The molecule has 0 aliphatic heterocycles. The molecule has 1 rings (SSSR count). The Morgan fingerprint density at radius 2 is 2.00 bits per heavy atom. The second-order valence-electron chi connectivity index (χ2n) is 3.30. The zero-order chi connectivity index (χ0) is 7.83. The maximum Gasteiger partial charge on any atom is 0.232 e. The third-order valence-electron chi connectivity index (χ3n) is 2.05. The predicted octanol–water partition coefficient (Wildman–Crippen LogP) is 1.75. The van der Waals surface area contributed by atoms with Gasteiger partial charge in [0, 0.05) is 10.7 Å². The van der Waals surface area contributed by atoms with Crippen molar-refractivity contribution in [1.82, 2.24) is 0 Å². The molecule has 10 heavy (non-hydrogen) atoms. The van der Waals surface area contributed by atoms with E-state index in [-0.39, 0.29) is 5.75 Å². The summed E-state index contributed by atoms with van der Waals surface area (Å²) in [5, 5.41) is 0. The van der Waals surface area contributed by atoms with Crippen molar-refractivity contribution in [3.63, 3.8) is 0 Å². The maximum atomic E-state index is 10.5. The Morgan fingerprint density at radius 3 is 2.30 bits per heavy atom. The maximum absolute atomic E-state index is 10.5. The largest absolute Gasteiger partial charge is 0.232 e. The van der Waals surface area contributed by atoms with Crippen molar-refractivity contribution in [2.45, 2.75) is 26.2 Å². The van der Waals surface area contributed by atoms with Gasteiger partial charge in [0.05, 0.1) is 5.75 Å². The Kier molecular flexibility index (Phi) is 1.98. The van der Waals surface area contributed by atoms with Crippen LogP contribution in [0.5, 0.6) is 0 Å². The second-order valence-corrected chi connectivity index (χ2v) is 6.20. The first kappa shape index (κ1) is 8.34. The highest BCUT2D eigenvalue weighted by Crippen LogP contribution is 2.48. The molecule has 0 atom stereocenters. The first-order valence-corrected chi connectivity index (χ1v) is 5.82. The van der Waals surface area contributed by atoms with Crippen molar-refractivity contribution in [2.24, 2.45) is 5.41 Å². The lowest BCUT2D eigenvalue weighted by atomic mass is 10.1. The lowest BCUT2D eigenvalue weighted by Gasteiger charge is -2.03. The van der Waals surface area contributed by atoms with Gasteiger partial charge >= 0.3 is 0 Å². The highest BCUT2D eigenvalue weighted by atomic mass is 35.7. The smallest absolute Gasteiger partial charge is 0.212 e. The van der Waals surface area contributed by atoms with E-state index >= 15 is 0 Å². The van der Waals surface area contributed by atoms with Crippen LogP contribution in [-0.2, 0) is 9.05 Å². The van der Waals surface area contributed by atoms with Crippen LogP contribution >= 0.6 is 10.7 Å². The lowest BCUT2D eigenvalue weighted by Crippen LogP contribution is -2.03. The monoisotopic (exact) mass is 182 g/mol. The van der Waals surface area contributed by atoms with E-state index in [9.17, 15) is 8.42 Å². The van der Waals surface area contributed by atoms with Crippen LogP contribution in [0.3, 0.4) is 0 Å². The molecule has 0 aromatic rings. The summed E-state index contributed by atoms with van der Waals surface area (Å²) in [5.41, 5.74) is 0.294. The standard InChI is InChI=1S/C6H11ClO2S/c1-6(2-3-6)4-5-10(7,8)9/h2-5H2,1H3. The summed E-state index contributed by atoms with van der Waals surface area (Å²) in [6.45, 7) is 2.09. The van der Waals surface area contributed by atoms with E-state index < -0.39 is 9.05 Å². The van der Waals surface area contributed by atoms with Gasteiger partial charge in [-0.2, -0.15) is 0 Å². The van der Waals surface area contributed by atoms with Gasteiger partial charge in [-0.1, -0.05) is 6.92 Å². The van der Waals surface area contributed by atoms with Crippen LogP contribution in [0.15, 0.2) is 0 Å². The first-order chi connectivity index (χ1) is 4.41. The summed E-state index contributed by atoms with van der Waals surface area (Å²) < 4.78 is 20.9. The Balaban J connectivity index is 2.30. The molecule has 1 aliphatic rings. The molecule has 1 aliphatic carbocycles. The molecule has 0 aromatic carbocycles. The van der Waals surface area contributed by atoms with Gasteiger partial charge in [0.25, 0.3) is 0 Å². The summed E-state index contributed by atoms with van der Waals surface area (Å²) in [6, 6.07) is 0. The highest BCUT2D eigenvalue weighted by Gasteiger charge is 2.37. The van der Waals surface area contributed by atoms with Crippen LogP contribution in [0.25, 0.3) is 0 Å². The molecule has 0 heterocycles. The normalized spacial score (nSPS) is 22.6. The number of hydrogen-bond acceptors (Lipinski definition) is 2. The Hall–Kier alpha value is 0.240.